The highest BCUT2D eigenvalue weighted by Gasteiger charge is 2.13. The maximum atomic E-state index is 6.20. The quantitative estimate of drug-likeness (QED) is 0.769. The summed E-state index contributed by atoms with van der Waals surface area (Å²) in [6, 6.07) is 10.3. The van der Waals surface area contributed by atoms with Crippen molar-refractivity contribution in [2.75, 3.05) is 0 Å². The smallest absolute Gasteiger partial charge is 0.134 e. The second kappa shape index (κ2) is 4.59. The van der Waals surface area contributed by atoms with Gasteiger partial charge in [0.05, 0.1) is 6.04 Å². The fourth-order valence-electron chi connectivity index (χ4n) is 2.13. The van der Waals surface area contributed by atoms with Gasteiger partial charge in [0.15, 0.2) is 0 Å². The molecule has 0 radical (unpaired) electrons. The lowest BCUT2D eigenvalue weighted by Crippen LogP contribution is -2.11. The number of hydrogen-bond acceptors (Lipinski definition) is 3. The molecule has 0 saturated heterocycles. The summed E-state index contributed by atoms with van der Waals surface area (Å²) in [6.45, 7) is 2.08. The summed E-state index contributed by atoms with van der Waals surface area (Å²) < 4.78 is 5.81. The topological polar surface area (TPSA) is 39.2 Å². The van der Waals surface area contributed by atoms with Crippen LogP contribution in [0.2, 0.25) is 0 Å². The van der Waals surface area contributed by atoms with E-state index in [9.17, 15) is 0 Å². The molecule has 0 aliphatic rings. The third kappa shape index (κ3) is 2.19. The molecule has 3 heteroatoms. The van der Waals surface area contributed by atoms with Crippen LogP contribution in [0, 0.1) is 6.92 Å². The number of aryl methyl sites for hydroxylation is 1. The van der Waals surface area contributed by atoms with Crippen molar-refractivity contribution >= 4 is 22.3 Å². The molecule has 0 amide bonds. The SMILES string of the molecule is Cc1ccc2oc(C(N)Cc3ccsc3)cc2c1. The van der Waals surface area contributed by atoms with Crippen LogP contribution in [0.5, 0.6) is 0 Å². The number of fused-ring (bicyclic) bond motifs is 1. The normalized spacial score (nSPS) is 13.0. The van der Waals surface area contributed by atoms with E-state index in [4.69, 9.17) is 10.2 Å². The molecule has 1 aromatic carbocycles. The Morgan fingerprint density at radius 2 is 2.17 bits per heavy atom. The minimum Gasteiger partial charge on any atom is -0.459 e. The third-order valence-electron chi connectivity index (χ3n) is 3.09. The van der Waals surface area contributed by atoms with Crippen molar-refractivity contribution in [3.05, 3.63) is 58.0 Å². The zero-order valence-corrected chi connectivity index (χ0v) is 11.0. The summed E-state index contributed by atoms with van der Waals surface area (Å²) in [7, 11) is 0. The predicted molar refractivity (Wildman–Crippen MR) is 75.9 cm³/mol. The number of benzene rings is 1. The standard InChI is InChI=1S/C15H15NOS/c1-10-2-3-14-12(6-10)8-15(17-14)13(16)7-11-4-5-18-9-11/h2-6,8-9,13H,7,16H2,1H3. The van der Waals surface area contributed by atoms with Crippen LogP contribution < -0.4 is 5.73 Å². The van der Waals surface area contributed by atoms with Crippen molar-refractivity contribution in [3.8, 4) is 0 Å². The van der Waals surface area contributed by atoms with Crippen LogP contribution >= 0.6 is 11.3 Å². The van der Waals surface area contributed by atoms with Gasteiger partial charge in [-0.3, -0.25) is 0 Å². The van der Waals surface area contributed by atoms with Gasteiger partial charge in [-0.25, -0.2) is 0 Å². The van der Waals surface area contributed by atoms with Crippen LogP contribution in [-0.2, 0) is 6.42 Å². The van der Waals surface area contributed by atoms with Gasteiger partial charge in [0.1, 0.15) is 11.3 Å². The summed E-state index contributed by atoms with van der Waals surface area (Å²) in [6.07, 6.45) is 0.822. The Kier molecular flexibility index (Phi) is 2.94. The zero-order chi connectivity index (χ0) is 12.5. The lowest BCUT2D eigenvalue weighted by molar-refractivity contribution is 0.494. The highest BCUT2D eigenvalue weighted by Crippen LogP contribution is 2.26. The van der Waals surface area contributed by atoms with E-state index in [0.29, 0.717) is 0 Å². The Balaban J connectivity index is 1.89. The molecule has 0 saturated carbocycles. The molecule has 3 aromatic rings. The van der Waals surface area contributed by atoms with E-state index in [1.807, 2.05) is 6.07 Å². The molecular formula is C15H15NOS. The molecule has 2 aromatic heterocycles. The van der Waals surface area contributed by atoms with E-state index < -0.39 is 0 Å². The van der Waals surface area contributed by atoms with Gasteiger partial charge in [-0.05, 0) is 53.9 Å². The molecule has 2 nitrogen and oxygen atoms in total. The number of thiophene rings is 1. The fourth-order valence-corrected chi connectivity index (χ4v) is 2.81. The Labute approximate surface area is 110 Å². The van der Waals surface area contributed by atoms with Crippen molar-refractivity contribution in [3.63, 3.8) is 0 Å². The van der Waals surface area contributed by atoms with Crippen molar-refractivity contribution in [1.82, 2.24) is 0 Å². The Morgan fingerprint density at radius 1 is 1.28 bits per heavy atom. The highest BCUT2D eigenvalue weighted by molar-refractivity contribution is 7.07. The lowest BCUT2D eigenvalue weighted by Gasteiger charge is -2.06. The molecule has 2 N–H and O–H groups in total. The molecule has 18 heavy (non-hydrogen) atoms. The summed E-state index contributed by atoms with van der Waals surface area (Å²) in [4.78, 5) is 0. The van der Waals surface area contributed by atoms with Gasteiger partial charge in [0, 0.05) is 5.39 Å². The molecule has 0 aliphatic heterocycles. The Bertz CT molecular complexity index is 654. The summed E-state index contributed by atoms with van der Waals surface area (Å²) in [5.41, 5.74) is 9.62. The van der Waals surface area contributed by atoms with E-state index in [1.54, 1.807) is 11.3 Å². The minimum atomic E-state index is -0.0766. The molecule has 0 bridgehead atoms. The number of hydrogen-bond donors (Lipinski definition) is 1. The first-order valence-corrected chi connectivity index (χ1v) is 6.93. The van der Waals surface area contributed by atoms with Crippen LogP contribution in [0.25, 0.3) is 11.0 Å². The van der Waals surface area contributed by atoms with E-state index in [0.717, 1.165) is 23.2 Å². The first-order chi connectivity index (χ1) is 8.72. The van der Waals surface area contributed by atoms with E-state index in [2.05, 4.69) is 41.9 Å². The second-order valence-corrected chi connectivity index (χ2v) is 5.41. The molecular weight excluding hydrogens is 242 g/mol. The number of rotatable bonds is 3. The molecule has 92 valence electrons. The maximum absolute atomic E-state index is 6.20. The molecule has 0 spiro atoms. The van der Waals surface area contributed by atoms with Gasteiger partial charge in [0.2, 0.25) is 0 Å². The van der Waals surface area contributed by atoms with Crippen molar-refractivity contribution in [1.29, 1.82) is 0 Å². The van der Waals surface area contributed by atoms with Gasteiger partial charge >= 0.3 is 0 Å². The maximum Gasteiger partial charge on any atom is 0.134 e. The molecule has 0 aliphatic carbocycles. The molecule has 1 unspecified atom stereocenters. The predicted octanol–water partition coefficient (Wildman–Crippen LogP) is 4.05. The lowest BCUT2D eigenvalue weighted by atomic mass is 10.1. The van der Waals surface area contributed by atoms with Crippen LogP contribution in [-0.4, -0.2) is 0 Å². The molecule has 2 heterocycles. The van der Waals surface area contributed by atoms with E-state index >= 15 is 0 Å². The van der Waals surface area contributed by atoms with Crippen LogP contribution in [0.3, 0.4) is 0 Å². The van der Waals surface area contributed by atoms with Crippen LogP contribution in [0.4, 0.5) is 0 Å². The first kappa shape index (κ1) is 11.5. The second-order valence-electron chi connectivity index (χ2n) is 4.63. The third-order valence-corrected chi connectivity index (χ3v) is 3.82. The average molecular weight is 257 g/mol. The molecule has 3 rings (SSSR count). The van der Waals surface area contributed by atoms with Gasteiger partial charge in [0.25, 0.3) is 0 Å². The number of nitrogens with two attached hydrogens (primary N) is 1. The summed E-state index contributed by atoms with van der Waals surface area (Å²) >= 11 is 1.70. The van der Waals surface area contributed by atoms with Crippen molar-refractivity contribution in [2.24, 2.45) is 5.73 Å². The largest absolute Gasteiger partial charge is 0.459 e. The monoisotopic (exact) mass is 257 g/mol. The summed E-state index contributed by atoms with van der Waals surface area (Å²) in [5, 5.41) is 5.34. The summed E-state index contributed by atoms with van der Waals surface area (Å²) in [5.74, 6) is 0.863. The van der Waals surface area contributed by atoms with Crippen LogP contribution in [0.1, 0.15) is 22.9 Å². The Morgan fingerprint density at radius 3 is 2.94 bits per heavy atom. The zero-order valence-electron chi connectivity index (χ0n) is 10.2. The van der Waals surface area contributed by atoms with Gasteiger partial charge < -0.3 is 10.2 Å². The van der Waals surface area contributed by atoms with Gasteiger partial charge in [-0.1, -0.05) is 11.6 Å². The van der Waals surface area contributed by atoms with Gasteiger partial charge in [-0.15, -0.1) is 0 Å². The van der Waals surface area contributed by atoms with E-state index in [1.165, 1.54) is 11.1 Å². The van der Waals surface area contributed by atoms with Gasteiger partial charge in [-0.2, -0.15) is 11.3 Å². The Hall–Kier alpha value is -1.58. The molecule has 0 fully saturated rings. The van der Waals surface area contributed by atoms with E-state index in [-0.39, 0.29) is 6.04 Å². The average Bonchev–Trinajstić information content (AvgIpc) is 2.96. The van der Waals surface area contributed by atoms with Crippen molar-refractivity contribution in [2.45, 2.75) is 19.4 Å². The number of furan rings is 1. The fraction of sp³-hybridized carbons (Fsp3) is 0.200. The van der Waals surface area contributed by atoms with Crippen LogP contribution in [0.15, 0.2) is 45.5 Å². The highest BCUT2D eigenvalue weighted by atomic mass is 32.1. The first-order valence-electron chi connectivity index (χ1n) is 5.99. The van der Waals surface area contributed by atoms with Crippen molar-refractivity contribution < 1.29 is 4.42 Å². The minimum absolute atomic E-state index is 0.0766. The molecule has 1 atom stereocenters.